The molecule has 0 bridgehead atoms. The Balaban J connectivity index is 1.41. The number of likely N-dealkylation sites (tertiary alicyclic amines) is 1. The van der Waals surface area contributed by atoms with Crippen molar-refractivity contribution < 1.29 is 0 Å². The van der Waals surface area contributed by atoms with Gasteiger partial charge in [-0.2, -0.15) is 5.10 Å². The SMILES string of the molecule is NCC1CCN(Cc2ccc(-c3nc(CCn4cccn4)cc(=O)[nH]3)cc2)CC1. The third-order valence-corrected chi connectivity index (χ3v) is 5.62. The molecule has 1 aliphatic rings. The number of nitrogens with two attached hydrogens (primary N) is 1. The van der Waals surface area contributed by atoms with Crippen molar-refractivity contribution >= 4 is 0 Å². The fourth-order valence-electron chi connectivity index (χ4n) is 3.84. The molecular weight excluding hydrogens is 364 g/mol. The van der Waals surface area contributed by atoms with Crippen LogP contribution in [-0.2, 0) is 19.5 Å². The van der Waals surface area contributed by atoms with Gasteiger partial charge in [-0.3, -0.25) is 14.4 Å². The number of aryl methyl sites for hydroxylation is 2. The summed E-state index contributed by atoms with van der Waals surface area (Å²) in [4.78, 5) is 22.1. The molecule has 0 saturated carbocycles. The Morgan fingerprint density at radius 2 is 1.97 bits per heavy atom. The molecule has 7 heteroatoms. The summed E-state index contributed by atoms with van der Waals surface area (Å²) in [7, 11) is 0. The average molecular weight is 393 g/mol. The molecule has 3 N–H and O–H groups in total. The molecule has 0 radical (unpaired) electrons. The maximum atomic E-state index is 12.1. The quantitative estimate of drug-likeness (QED) is 0.642. The molecule has 1 aliphatic heterocycles. The minimum Gasteiger partial charge on any atom is -0.330 e. The second-order valence-corrected chi connectivity index (χ2v) is 7.76. The summed E-state index contributed by atoms with van der Waals surface area (Å²) >= 11 is 0. The van der Waals surface area contributed by atoms with E-state index in [2.05, 4.69) is 32.1 Å². The van der Waals surface area contributed by atoms with Gasteiger partial charge in [-0.1, -0.05) is 24.3 Å². The van der Waals surface area contributed by atoms with E-state index in [9.17, 15) is 4.79 Å². The molecule has 1 saturated heterocycles. The molecular formula is C22H28N6O. The lowest BCUT2D eigenvalue weighted by molar-refractivity contribution is 0.180. The number of nitrogens with one attached hydrogen (secondary N) is 1. The van der Waals surface area contributed by atoms with Gasteiger partial charge in [0.05, 0.1) is 5.69 Å². The van der Waals surface area contributed by atoms with Gasteiger partial charge in [0.1, 0.15) is 5.82 Å². The van der Waals surface area contributed by atoms with Crippen molar-refractivity contribution in [3.63, 3.8) is 0 Å². The molecule has 1 fully saturated rings. The summed E-state index contributed by atoms with van der Waals surface area (Å²) in [5, 5.41) is 4.19. The van der Waals surface area contributed by atoms with Crippen LogP contribution in [0.1, 0.15) is 24.1 Å². The normalized spacial score (nSPS) is 15.6. The average Bonchev–Trinajstić information content (AvgIpc) is 3.27. The van der Waals surface area contributed by atoms with E-state index in [0.29, 0.717) is 24.7 Å². The smallest absolute Gasteiger partial charge is 0.251 e. The van der Waals surface area contributed by atoms with Gasteiger partial charge in [0.2, 0.25) is 0 Å². The van der Waals surface area contributed by atoms with E-state index in [0.717, 1.165) is 37.4 Å². The number of aromatic amines is 1. The summed E-state index contributed by atoms with van der Waals surface area (Å²) in [5.74, 6) is 1.29. The zero-order chi connectivity index (χ0) is 20.1. The second-order valence-electron chi connectivity index (χ2n) is 7.76. The molecule has 3 aromatic rings. The van der Waals surface area contributed by atoms with Crippen molar-refractivity contribution in [2.45, 2.75) is 32.4 Å². The predicted molar refractivity (Wildman–Crippen MR) is 113 cm³/mol. The Bertz CT molecular complexity index is 956. The van der Waals surface area contributed by atoms with E-state index in [1.54, 1.807) is 12.3 Å². The summed E-state index contributed by atoms with van der Waals surface area (Å²) in [5.41, 5.74) is 8.63. The summed E-state index contributed by atoms with van der Waals surface area (Å²) in [6.07, 6.45) is 6.69. The molecule has 29 heavy (non-hydrogen) atoms. The van der Waals surface area contributed by atoms with E-state index in [1.165, 1.54) is 18.4 Å². The highest BCUT2D eigenvalue weighted by Gasteiger charge is 2.17. The van der Waals surface area contributed by atoms with Gasteiger partial charge in [-0.15, -0.1) is 0 Å². The van der Waals surface area contributed by atoms with Crippen LogP contribution in [-0.4, -0.2) is 44.3 Å². The van der Waals surface area contributed by atoms with Crippen LogP contribution in [0.2, 0.25) is 0 Å². The molecule has 0 spiro atoms. The Morgan fingerprint density at radius 1 is 1.17 bits per heavy atom. The number of hydrogen-bond acceptors (Lipinski definition) is 5. The lowest BCUT2D eigenvalue weighted by Crippen LogP contribution is -2.35. The Morgan fingerprint density at radius 3 is 2.66 bits per heavy atom. The number of H-pyrrole nitrogens is 1. The molecule has 0 aliphatic carbocycles. The van der Waals surface area contributed by atoms with Gasteiger partial charge < -0.3 is 10.7 Å². The summed E-state index contributed by atoms with van der Waals surface area (Å²) < 4.78 is 1.84. The molecule has 4 rings (SSSR count). The largest absolute Gasteiger partial charge is 0.330 e. The predicted octanol–water partition coefficient (Wildman–Crippen LogP) is 2.05. The van der Waals surface area contributed by atoms with Gasteiger partial charge in [0, 0.05) is 43.5 Å². The molecule has 0 unspecified atom stereocenters. The van der Waals surface area contributed by atoms with Gasteiger partial charge in [0.15, 0.2) is 0 Å². The summed E-state index contributed by atoms with van der Waals surface area (Å²) in [6, 6.07) is 11.8. The van der Waals surface area contributed by atoms with Gasteiger partial charge in [0.25, 0.3) is 5.56 Å². The van der Waals surface area contributed by atoms with E-state index in [1.807, 2.05) is 29.1 Å². The first kappa shape index (κ1) is 19.5. The highest BCUT2D eigenvalue weighted by molar-refractivity contribution is 5.55. The monoisotopic (exact) mass is 392 g/mol. The van der Waals surface area contributed by atoms with Crippen molar-refractivity contribution in [1.29, 1.82) is 0 Å². The maximum absolute atomic E-state index is 12.1. The zero-order valence-electron chi connectivity index (χ0n) is 16.6. The van der Waals surface area contributed by atoms with Crippen molar-refractivity contribution in [2.24, 2.45) is 11.7 Å². The minimum absolute atomic E-state index is 0.127. The third-order valence-electron chi connectivity index (χ3n) is 5.62. The van der Waals surface area contributed by atoms with Crippen LogP contribution in [0.4, 0.5) is 0 Å². The molecule has 152 valence electrons. The van der Waals surface area contributed by atoms with E-state index >= 15 is 0 Å². The van der Waals surface area contributed by atoms with Crippen molar-refractivity contribution in [3.8, 4) is 11.4 Å². The van der Waals surface area contributed by atoms with Crippen LogP contribution in [0.3, 0.4) is 0 Å². The Hall–Kier alpha value is -2.77. The molecule has 3 heterocycles. The standard InChI is InChI=1S/C22H28N6O/c23-15-17-6-11-27(12-7-17)16-18-2-4-19(5-3-18)22-25-20(14-21(29)26-22)8-13-28-10-1-9-24-28/h1-5,9-10,14,17H,6-8,11-13,15-16,23H2,(H,25,26,29). The van der Waals surface area contributed by atoms with E-state index in [4.69, 9.17) is 5.73 Å². The highest BCUT2D eigenvalue weighted by Crippen LogP contribution is 2.20. The minimum atomic E-state index is -0.127. The number of aromatic nitrogens is 4. The van der Waals surface area contributed by atoms with Crippen molar-refractivity contribution in [3.05, 3.63) is 70.4 Å². The number of rotatable bonds is 7. The lowest BCUT2D eigenvalue weighted by Gasteiger charge is -2.31. The first-order valence-corrected chi connectivity index (χ1v) is 10.3. The Kier molecular flexibility index (Phi) is 6.17. The molecule has 7 nitrogen and oxygen atoms in total. The van der Waals surface area contributed by atoms with Gasteiger partial charge >= 0.3 is 0 Å². The van der Waals surface area contributed by atoms with Crippen LogP contribution in [0.5, 0.6) is 0 Å². The van der Waals surface area contributed by atoms with Crippen LogP contribution < -0.4 is 11.3 Å². The van der Waals surface area contributed by atoms with Crippen LogP contribution in [0.25, 0.3) is 11.4 Å². The third kappa shape index (κ3) is 5.19. The molecule has 1 aromatic carbocycles. The van der Waals surface area contributed by atoms with E-state index in [-0.39, 0.29) is 5.56 Å². The Labute approximate surface area is 170 Å². The summed E-state index contributed by atoms with van der Waals surface area (Å²) in [6.45, 7) is 4.66. The highest BCUT2D eigenvalue weighted by atomic mass is 16.1. The van der Waals surface area contributed by atoms with Gasteiger partial charge in [-0.05, 0) is 50.0 Å². The topological polar surface area (TPSA) is 92.8 Å². The molecule has 2 aromatic heterocycles. The first-order chi connectivity index (χ1) is 14.2. The first-order valence-electron chi connectivity index (χ1n) is 10.3. The molecule has 0 amide bonds. The number of piperidine rings is 1. The second kappa shape index (κ2) is 9.15. The number of benzene rings is 1. The van der Waals surface area contributed by atoms with Crippen molar-refractivity contribution in [1.82, 2.24) is 24.6 Å². The fraction of sp³-hybridized carbons (Fsp3) is 0.409. The van der Waals surface area contributed by atoms with Crippen LogP contribution in [0, 0.1) is 5.92 Å². The number of nitrogens with zero attached hydrogens (tertiary/aromatic N) is 4. The van der Waals surface area contributed by atoms with Crippen LogP contribution >= 0.6 is 0 Å². The lowest BCUT2D eigenvalue weighted by atomic mass is 9.97. The molecule has 0 atom stereocenters. The maximum Gasteiger partial charge on any atom is 0.251 e. The zero-order valence-corrected chi connectivity index (χ0v) is 16.6. The van der Waals surface area contributed by atoms with Gasteiger partial charge in [-0.25, -0.2) is 4.98 Å². The van der Waals surface area contributed by atoms with Crippen molar-refractivity contribution in [2.75, 3.05) is 19.6 Å². The number of hydrogen-bond donors (Lipinski definition) is 2. The fourth-order valence-corrected chi connectivity index (χ4v) is 3.84. The van der Waals surface area contributed by atoms with E-state index < -0.39 is 0 Å². The van der Waals surface area contributed by atoms with Crippen LogP contribution in [0.15, 0.2) is 53.6 Å².